The minimum absolute atomic E-state index is 0.610. The summed E-state index contributed by atoms with van der Waals surface area (Å²) in [6.07, 6.45) is 6.33. The van der Waals surface area contributed by atoms with E-state index in [1.807, 2.05) is 41.7 Å². The van der Waals surface area contributed by atoms with E-state index in [1.165, 1.54) is 42.1 Å². The Morgan fingerprint density at radius 2 is 1.07 bits per heavy atom. The molecule has 1 aliphatic rings. The zero-order valence-corrected chi connectivity index (χ0v) is 33.2. The molecular weight excluding hydrogens is 753 g/mol. The van der Waals surface area contributed by atoms with E-state index in [9.17, 15) is 0 Å². The largest absolute Gasteiger partial charge is 0.456 e. The monoisotopic (exact) mass is 786 g/mol. The Balaban J connectivity index is 0.952. The smallest absolute Gasteiger partial charge is 0.164 e. The number of aryl methyl sites for hydroxylation is 1. The lowest BCUT2D eigenvalue weighted by Crippen LogP contribution is -2.00. The molecule has 12 rings (SSSR count). The summed E-state index contributed by atoms with van der Waals surface area (Å²) in [5, 5.41) is 4.76. The zero-order valence-electron chi connectivity index (χ0n) is 32.3. The van der Waals surface area contributed by atoms with Gasteiger partial charge in [0.05, 0.1) is 11.2 Å². The highest BCUT2D eigenvalue weighted by molar-refractivity contribution is 7.26. The summed E-state index contributed by atoms with van der Waals surface area (Å²) < 4.78 is 8.91. The normalized spacial score (nSPS) is 12.5. The minimum atomic E-state index is 0.610. The molecule has 0 N–H and O–H groups in total. The number of rotatable bonds is 6. The topological polar surface area (TPSA) is 64.7 Å². The molecule has 0 saturated heterocycles. The fraction of sp³-hybridized carbons (Fsp3) is 0.0370. The van der Waals surface area contributed by atoms with Crippen LogP contribution in [0.2, 0.25) is 0 Å². The predicted molar refractivity (Wildman–Crippen MR) is 248 cm³/mol. The molecule has 0 radical (unpaired) electrons. The Kier molecular flexibility index (Phi) is 8.10. The first-order valence-corrected chi connectivity index (χ1v) is 21.1. The summed E-state index contributed by atoms with van der Waals surface area (Å²) in [7, 11) is 0. The van der Waals surface area contributed by atoms with Crippen LogP contribution in [0.1, 0.15) is 17.7 Å². The summed E-state index contributed by atoms with van der Waals surface area (Å²) in [5.41, 5.74) is 12.4. The third-order valence-electron chi connectivity index (χ3n) is 11.6. The Morgan fingerprint density at radius 1 is 0.467 bits per heavy atom. The fourth-order valence-corrected chi connectivity index (χ4v) is 9.87. The molecule has 11 aromatic rings. The van der Waals surface area contributed by atoms with Crippen LogP contribution in [-0.2, 0) is 6.42 Å². The van der Waals surface area contributed by atoms with Crippen LogP contribution in [0.5, 0.6) is 0 Å². The maximum Gasteiger partial charge on any atom is 0.164 e. The first kappa shape index (κ1) is 34.5. The van der Waals surface area contributed by atoms with E-state index in [4.69, 9.17) is 24.4 Å². The number of furan rings is 1. The zero-order chi connectivity index (χ0) is 39.6. The van der Waals surface area contributed by atoms with Gasteiger partial charge in [0.2, 0.25) is 0 Å². The maximum absolute atomic E-state index is 6.41. The Morgan fingerprint density at radius 3 is 1.80 bits per heavy atom. The fourth-order valence-electron chi connectivity index (χ4n) is 8.64. The minimum Gasteiger partial charge on any atom is -0.456 e. The molecule has 6 heteroatoms. The van der Waals surface area contributed by atoms with E-state index < -0.39 is 0 Å². The van der Waals surface area contributed by atoms with Gasteiger partial charge in [0, 0.05) is 64.3 Å². The first-order chi connectivity index (χ1) is 29.7. The lowest BCUT2D eigenvalue weighted by atomic mass is 9.97. The molecule has 4 aromatic heterocycles. The molecule has 0 spiro atoms. The number of hydrogen-bond donors (Lipinski definition) is 0. The Hall–Kier alpha value is -7.54. The van der Waals surface area contributed by atoms with Gasteiger partial charge in [-0.3, -0.25) is 0 Å². The molecule has 0 saturated carbocycles. The Labute approximate surface area is 350 Å². The average Bonchev–Trinajstić information content (AvgIpc) is 3.91. The van der Waals surface area contributed by atoms with Crippen LogP contribution in [0.25, 0.3) is 116 Å². The number of allylic oxidation sites excluding steroid dienone is 1. The summed E-state index contributed by atoms with van der Waals surface area (Å²) in [6, 6.07) is 59.3. The summed E-state index contributed by atoms with van der Waals surface area (Å²) in [5.74, 6) is 2.82. The maximum atomic E-state index is 6.41. The molecule has 0 bridgehead atoms. The second kappa shape index (κ2) is 14.1. The molecule has 4 heterocycles. The van der Waals surface area contributed by atoms with Gasteiger partial charge in [-0.15, -0.1) is 11.3 Å². The molecule has 5 nitrogen and oxygen atoms in total. The number of thiophene rings is 1. The van der Waals surface area contributed by atoms with Crippen molar-refractivity contribution in [3.8, 4) is 67.7 Å². The van der Waals surface area contributed by atoms with Gasteiger partial charge in [0.25, 0.3) is 0 Å². The third kappa shape index (κ3) is 5.83. The molecule has 60 heavy (non-hydrogen) atoms. The van der Waals surface area contributed by atoms with Crippen LogP contribution < -0.4 is 0 Å². The van der Waals surface area contributed by atoms with Gasteiger partial charge in [-0.25, -0.2) is 19.9 Å². The van der Waals surface area contributed by atoms with Crippen LogP contribution in [0.4, 0.5) is 0 Å². The lowest BCUT2D eigenvalue weighted by molar-refractivity contribution is 0.596. The molecular formula is C54H34N4OS. The van der Waals surface area contributed by atoms with Crippen molar-refractivity contribution in [3.63, 3.8) is 0 Å². The van der Waals surface area contributed by atoms with Gasteiger partial charge < -0.3 is 4.42 Å². The predicted octanol–water partition coefficient (Wildman–Crippen LogP) is 14.5. The number of benzene rings is 7. The van der Waals surface area contributed by atoms with Gasteiger partial charge in [-0.05, 0) is 47.7 Å². The van der Waals surface area contributed by atoms with Crippen molar-refractivity contribution < 1.29 is 4.42 Å². The number of nitrogens with zero attached hydrogens (tertiary/aromatic N) is 4. The van der Waals surface area contributed by atoms with Crippen LogP contribution in [0.3, 0.4) is 0 Å². The number of fused-ring (bicyclic) bond motifs is 8. The highest BCUT2D eigenvalue weighted by atomic mass is 32.1. The van der Waals surface area contributed by atoms with Gasteiger partial charge in [-0.2, -0.15) is 0 Å². The molecule has 0 unspecified atom stereocenters. The van der Waals surface area contributed by atoms with Gasteiger partial charge in [0.1, 0.15) is 11.3 Å². The Bertz CT molecular complexity index is 3460. The molecule has 1 aliphatic carbocycles. The standard InChI is InChI=1S/C54H34N4OS/c1-3-12-33(13-4-1)39-30-31-43-45(32-39)55-49(48-44-17-8-10-21-47(44)60-51(43)48)35-24-28-38(29-25-35)54-57-52(36-14-5-2-6-15-36)56-53(58-54)37-26-22-34(23-27-37)40-18-11-19-42-41-16-7-9-20-46(41)59-50(40)42/h1-6,8-15,17-32H,7,16H2. The summed E-state index contributed by atoms with van der Waals surface area (Å²) in [6.45, 7) is 0. The summed E-state index contributed by atoms with van der Waals surface area (Å²) in [4.78, 5) is 20.6. The first-order valence-electron chi connectivity index (χ1n) is 20.3. The average molecular weight is 787 g/mol. The van der Waals surface area contributed by atoms with E-state index in [-0.39, 0.29) is 0 Å². The van der Waals surface area contributed by atoms with Gasteiger partial charge in [-0.1, -0.05) is 164 Å². The molecule has 7 aromatic carbocycles. The van der Waals surface area contributed by atoms with Crippen molar-refractivity contribution in [2.75, 3.05) is 0 Å². The number of hydrogen-bond acceptors (Lipinski definition) is 6. The molecule has 282 valence electrons. The van der Waals surface area contributed by atoms with E-state index in [0.717, 1.165) is 74.3 Å². The molecule has 0 aliphatic heterocycles. The van der Waals surface area contributed by atoms with Crippen molar-refractivity contribution in [1.29, 1.82) is 0 Å². The molecule has 0 amide bonds. The van der Waals surface area contributed by atoms with Crippen LogP contribution in [0, 0.1) is 0 Å². The van der Waals surface area contributed by atoms with E-state index in [0.29, 0.717) is 17.5 Å². The van der Waals surface area contributed by atoms with E-state index in [2.05, 4.69) is 152 Å². The second-order valence-electron chi connectivity index (χ2n) is 15.3. The van der Waals surface area contributed by atoms with Crippen LogP contribution in [-0.4, -0.2) is 19.9 Å². The van der Waals surface area contributed by atoms with Crippen molar-refractivity contribution >= 4 is 59.5 Å². The number of para-hydroxylation sites is 1. The summed E-state index contributed by atoms with van der Waals surface area (Å²) >= 11 is 1.83. The quantitative estimate of drug-likeness (QED) is 0.168. The second-order valence-corrected chi connectivity index (χ2v) is 16.3. The lowest BCUT2D eigenvalue weighted by Gasteiger charge is -2.11. The van der Waals surface area contributed by atoms with Crippen LogP contribution in [0.15, 0.2) is 180 Å². The van der Waals surface area contributed by atoms with E-state index in [1.54, 1.807) is 0 Å². The van der Waals surface area contributed by atoms with Gasteiger partial charge >= 0.3 is 0 Å². The third-order valence-corrected chi connectivity index (χ3v) is 12.8. The van der Waals surface area contributed by atoms with Crippen molar-refractivity contribution in [3.05, 3.63) is 187 Å². The number of aromatic nitrogens is 4. The van der Waals surface area contributed by atoms with Crippen molar-refractivity contribution in [2.45, 2.75) is 12.8 Å². The van der Waals surface area contributed by atoms with Gasteiger partial charge in [0.15, 0.2) is 17.5 Å². The van der Waals surface area contributed by atoms with Crippen molar-refractivity contribution in [2.24, 2.45) is 0 Å². The molecule has 0 atom stereocenters. The highest BCUT2D eigenvalue weighted by Crippen LogP contribution is 2.44. The van der Waals surface area contributed by atoms with E-state index >= 15 is 0 Å². The highest BCUT2D eigenvalue weighted by Gasteiger charge is 2.20. The SMILES string of the molecule is C1=Cc2oc3c(-c4ccc(-c5nc(-c6ccccc6)nc(-c6ccc(-c7nc8cc(-c9ccccc9)ccc8c8sc9ccccc9c78)cc6)n5)cc4)cccc3c2CC1. The number of pyridine rings is 1. The molecule has 0 fully saturated rings. The van der Waals surface area contributed by atoms with Crippen molar-refractivity contribution in [1.82, 2.24) is 19.9 Å². The van der Waals surface area contributed by atoms with Crippen LogP contribution >= 0.6 is 11.3 Å².